The van der Waals surface area contributed by atoms with Crippen LogP contribution in [-0.2, 0) is 4.79 Å². The average molecular weight is 216 g/mol. The second-order valence-electron chi connectivity index (χ2n) is 5.02. The van der Waals surface area contributed by atoms with Crippen LogP contribution in [0.4, 0.5) is 0 Å². The number of carbonyl (C=O) groups excluding carboxylic acids is 1. The Labute approximate surface area is 95.6 Å². The van der Waals surface area contributed by atoms with Crippen LogP contribution in [0, 0.1) is 17.8 Å². The standard InChI is InChI=1S/C14H16O2/c15-14(16-12-4-2-1-3-5-12)13-9-10-6-7-11(13)8-10/h1-5,10-11,13H,6-9H2/t10-,11+,13?/m1/s1. The quantitative estimate of drug-likeness (QED) is 0.561. The van der Waals surface area contributed by atoms with Crippen LogP contribution >= 0.6 is 0 Å². The summed E-state index contributed by atoms with van der Waals surface area (Å²) in [7, 11) is 0. The third-order valence-electron chi connectivity index (χ3n) is 4.00. The summed E-state index contributed by atoms with van der Waals surface area (Å²) < 4.78 is 5.41. The first kappa shape index (κ1) is 9.88. The molecule has 16 heavy (non-hydrogen) atoms. The van der Waals surface area contributed by atoms with Gasteiger partial charge in [-0.2, -0.15) is 0 Å². The maximum absolute atomic E-state index is 12.0. The Morgan fingerprint density at radius 1 is 1.12 bits per heavy atom. The van der Waals surface area contributed by atoms with Crippen molar-refractivity contribution in [3.8, 4) is 5.75 Å². The van der Waals surface area contributed by atoms with Gasteiger partial charge in [-0.3, -0.25) is 4.79 Å². The fourth-order valence-electron chi connectivity index (χ4n) is 3.21. The Morgan fingerprint density at radius 3 is 2.56 bits per heavy atom. The number of carbonyl (C=O) groups is 1. The van der Waals surface area contributed by atoms with Gasteiger partial charge in [-0.15, -0.1) is 0 Å². The minimum absolute atomic E-state index is 0.0154. The van der Waals surface area contributed by atoms with Crippen molar-refractivity contribution in [1.82, 2.24) is 0 Å². The van der Waals surface area contributed by atoms with E-state index < -0.39 is 0 Å². The molecule has 2 nitrogen and oxygen atoms in total. The molecule has 1 aromatic rings. The molecule has 1 aromatic carbocycles. The highest BCUT2D eigenvalue weighted by Gasteiger charge is 2.43. The molecule has 2 fully saturated rings. The van der Waals surface area contributed by atoms with Crippen molar-refractivity contribution in [1.29, 1.82) is 0 Å². The van der Waals surface area contributed by atoms with E-state index in [0.29, 0.717) is 11.7 Å². The van der Waals surface area contributed by atoms with Gasteiger partial charge in [0.25, 0.3) is 0 Å². The van der Waals surface area contributed by atoms with Crippen LogP contribution in [-0.4, -0.2) is 5.97 Å². The zero-order chi connectivity index (χ0) is 11.0. The number of fused-ring (bicyclic) bond motifs is 2. The van der Waals surface area contributed by atoms with E-state index in [9.17, 15) is 4.79 Å². The molecule has 2 saturated carbocycles. The summed E-state index contributed by atoms with van der Waals surface area (Å²) in [6.45, 7) is 0. The van der Waals surface area contributed by atoms with Gasteiger partial charge < -0.3 is 4.74 Å². The molecule has 2 bridgehead atoms. The first-order valence-corrected chi connectivity index (χ1v) is 6.09. The zero-order valence-electron chi connectivity index (χ0n) is 9.26. The second-order valence-corrected chi connectivity index (χ2v) is 5.02. The molecule has 0 aliphatic heterocycles. The van der Waals surface area contributed by atoms with Gasteiger partial charge >= 0.3 is 5.97 Å². The van der Waals surface area contributed by atoms with Crippen molar-refractivity contribution in [2.24, 2.45) is 17.8 Å². The van der Waals surface area contributed by atoms with Gasteiger partial charge in [-0.05, 0) is 43.2 Å². The zero-order valence-corrected chi connectivity index (χ0v) is 9.26. The van der Waals surface area contributed by atoms with Crippen LogP contribution in [0.25, 0.3) is 0 Å². The van der Waals surface area contributed by atoms with E-state index in [-0.39, 0.29) is 11.9 Å². The molecule has 1 unspecified atom stereocenters. The highest BCUT2D eigenvalue weighted by Crippen LogP contribution is 2.48. The predicted molar refractivity (Wildman–Crippen MR) is 61.0 cm³/mol. The number of hydrogen-bond acceptors (Lipinski definition) is 2. The normalized spacial score (nSPS) is 31.6. The van der Waals surface area contributed by atoms with E-state index in [4.69, 9.17) is 4.74 Å². The second kappa shape index (κ2) is 3.93. The molecule has 0 radical (unpaired) electrons. The molecule has 0 heterocycles. The Hall–Kier alpha value is -1.31. The van der Waals surface area contributed by atoms with Gasteiger partial charge in [0.2, 0.25) is 0 Å². The van der Waals surface area contributed by atoms with Gasteiger partial charge in [-0.1, -0.05) is 24.6 Å². The van der Waals surface area contributed by atoms with E-state index in [1.54, 1.807) is 0 Å². The minimum Gasteiger partial charge on any atom is -0.426 e. The van der Waals surface area contributed by atoms with Crippen LogP contribution in [0.3, 0.4) is 0 Å². The Bertz CT molecular complexity index is 385. The molecule has 3 atom stereocenters. The summed E-state index contributed by atoms with van der Waals surface area (Å²) >= 11 is 0. The lowest BCUT2D eigenvalue weighted by Gasteiger charge is -2.19. The van der Waals surface area contributed by atoms with Crippen LogP contribution in [0.1, 0.15) is 25.7 Å². The summed E-state index contributed by atoms with van der Waals surface area (Å²) in [5.74, 6) is 2.21. The molecule has 84 valence electrons. The SMILES string of the molecule is O=C(Oc1ccccc1)C1C[C@@H]2CC[C@H]1C2. The monoisotopic (exact) mass is 216 g/mol. The maximum Gasteiger partial charge on any atom is 0.314 e. The summed E-state index contributed by atoms with van der Waals surface area (Å²) in [4.78, 5) is 12.0. The highest BCUT2D eigenvalue weighted by molar-refractivity contribution is 5.76. The van der Waals surface area contributed by atoms with E-state index in [1.165, 1.54) is 19.3 Å². The van der Waals surface area contributed by atoms with Gasteiger partial charge in [-0.25, -0.2) is 0 Å². The molecule has 2 heteroatoms. The fourth-order valence-corrected chi connectivity index (χ4v) is 3.21. The molecule has 0 N–H and O–H groups in total. The van der Waals surface area contributed by atoms with Crippen LogP contribution in [0.5, 0.6) is 5.75 Å². The molecule has 0 saturated heterocycles. The molecule has 0 amide bonds. The summed E-state index contributed by atoms with van der Waals surface area (Å²) in [6, 6.07) is 9.39. The molecule has 0 spiro atoms. The number of benzene rings is 1. The Balaban J connectivity index is 1.66. The predicted octanol–water partition coefficient (Wildman–Crippen LogP) is 3.03. The molecular formula is C14H16O2. The number of para-hydroxylation sites is 1. The van der Waals surface area contributed by atoms with Gasteiger partial charge in [0.1, 0.15) is 5.75 Å². The highest BCUT2D eigenvalue weighted by atomic mass is 16.5. The molecule has 2 aliphatic rings. The van der Waals surface area contributed by atoms with E-state index in [1.807, 2.05) is 30.3 Å². The van der Waals surface area contributed by atoms with Crippen LogP contribution in [0.15, 0.2) is 30.3 Å². The van der Waals surface area contributed by atoms with E-state index in [2.05, 4.69) is 0 Å². The average Bonchev–Trinajstić information content (AvgIpc) is 2.92. The van der Waals surface area contributed by atoms with E-state index >= 15 is 0 Å². The van der Waals surface area contributed by atoms with Crippen LogP contribution < -0.4 is 4.74 Å². The first-order valence-electron chi connectivity index (χ1n) is 6.09. The smallest absolute Gasteiger partial charge is 0.314 e. The maximum atomic E-state index is 12.0. The van der Waals surface area contributed by atoms with Gasteiger partial charge in [0.05, 0.1) is 5.92 Å². The third kappa shape index (κ3) is 1.73. The minimum atomic E-state index is -0.0154. The third-order valence-corrected chi connectivity index (χ3v) is 4.00. The summed E-state index contributed by atoms with van der Waals surface area (Å²) in [5, 5.41) is 0. The lowest BCUT2D eigenvalue weighted by atomic mass is 9.89. The number of ether oxygens (including phenoxy) is 1. The van der Waals surface area contributed by atoms with E-state index in [0.717, 1.165) is 12.3 Å². The van der Waals surface area contributed by atoms with Crippen molar-refractivity contribution in [3.05, 3.63) is 30.3 Å². The summed E-state index contributed by atoms with van der Waals surface area (Å²) in [6.07, 6.45) is 4.84. The molecule has 3 rings (SSSR count). The van der Waals surface area contributed by atoms with Crippen LogP contribution in [0.2, 0.25) is 0 Å². The first-order chi connectivity index (χ1) is 7.83. The molecular weight excluding hydrogens is 200 g/mol. The Kier molecular flexibility index (Phi) is 2.43. The number of esters is 1. The van der Waals surface area contributed by atoms with Gasteiger partial charge in [0.15, 0.2) is 0 Å². The molecule has 2 aliphatic carbocycles. The van der Waals surface area contributed by atoms with Crippen molar-refractivity contribution in [2.75, 3.05) is 0 Å². The lowest BCUT2D eigenvalue weighted by Crippen LogP contribution is -2.25. The van der Waals surface area contributed by atoms with Crippen molar-refractivity contribution < 1.29 is 9.53 Å². The van der Waals surface area contributed by atoms with Crippen molar-refractivity contribution in [3.63, 3.8) is 0 Å². The lowest BCUT2D eigenvalue weighted by molar-refractivity contribution is -0.140. The van der Waals surface area contributed by atoms with Crippen molar-refractivity contribution >= 4 is 5.97 Å². The molecule has 0 aromatic heterocycles. The topological polar surface area (TPSA) is 26.3 Å². The number of hydrogen-bond donors (Lipinski definition) is 0. The van der Waals surface area contributed by atoms with Gasteiger partial charge in [0, 0.05) is 0 Å². The van der Waals surface area contributed by atoms with Crippen molar-refractivity contribution in [2.45, 2.75) is 25.7 Å². The fraction of sp³-hybridized carbons (Fsp3) is 0.500. The largest absolute Gasteiger partial charge is 0.426 e. The number of rotatable bonds is 2. The Morgan fingerprint density at radius 2 is 1.94 bits per heavy atom. The summed E-state index contributed by atoms with van der Waals surface area (Å²) in [5.41, 5.74) is 0.